The molecule has 0 saturated carbocycles. The van der Waals surface area contributed by atoms with Crippen molar-refractivity contribution in [2.24, 2.45) is 0 Å². The van der Waals surface area contributed by atoms with Crippen LogP contribution in [0.15, 0.2) is 72.9 Å². The minimum absolute atomic E-state index is 0.280. The summed E-state index contributed by atoms with van der Waals surface area (Å²) in [5.41, 5.74) is 2.50. The number of nitrogens with zero attached hydrogens (tertiary/aromatic N) is 3. The number of halogens is 1. The normalized spacial score (nSPS) is 12.1. The van der Waals surface area contributed by atoms with Crippen molar-refractivity contribution in [3.8, 4) is 11.1 Å². The Morgan fingerprint density at radius 2 is 1.81 bits per heavy atom. The first-order valence-electron chi connectivity index (χ1n) is 8.59. The molecule has 6 heteroatoms. The third-order valence-corrected chi connectivity index (χ3v) is 4.39. The molecule has 0 aliphatic heterocycles. The van der Waals surface area contributed by atoms with Crippen LogP contribution in [0.2, 0.25) is 0 Å². The third-order valence-electron chi connectivity index (χ3n) is 4.39. The number of fused-ring (bicyclic) bond motifs is 1. The van der Waals surface area contributed by atoms with Gasteiger partial charge in [-0.2, -0.15) is 0 Å². The number of carbonyl (C=O) groups is 1. The van der Waals surface area contributed by atoms with Gasteiger partial charge >= 0.3 is 0 Å². The predicted octanol–water partition coefficient (Wildman–Crippen LogP) is 4.03. The second-order valence-corrected chi connectivity index (χ2v) is 6.24. The first-order valence-corrected chi connectivity index (χ1v) is 8.59. The van der Waals surface area contributed by atoms with Crippen LogP contribution in [-0.4, -0.2) is 20.5 Å². The van der Waals surface area contributed by atoms with Crippen molar-refractivity contribution < 1.29 is 9.18 Å². The molecular weight excluding hydrogens is 343 g/mol. The molecule has 27 heavy (non-hydrogen) atoms. The van der Waals surface area contributed by atoms with E-state index < -0.39 is 11.9 Å². The van der Waals surface area contributed by atoms with Gasteiger partial charge in [-0.3, -0.25) is 9.20 Å². The van der Waals surface area contributed by atoms with Crippen LogP contribution in [0.25, 0.3) is 16.8 Å². The Labute approximate surface area is 155 Å². The molecule has 1 atom stereocenters. The number of pyridine rings is 1. The van der Waals surface area contributed by atoms with E-state index in [-0.39, 0.29) is 11.5 Å². The Hall–Kier alpha value is -3.54. The topological polar surface area (TPSA) is 59.3 Å². The molecule has 0 aliphatic carbocycles. The highest BCUT2D eigenvalue weighted by Gasteiger charge is 2.19. The molecule has 0 saturated heterocycles. The fourth-order valence-corrected chi connectivity index (χ4v) is 3.07. The van der Waals surface area contributed by atoms with E-state index in [0.717, 1.165) is 5.56 Å². The lowest BCUT2D eigenvalue weighted by Crippen LogP contribution is -2.28. The van der Waals surface area contributed by atoms with E-state index in [4.69, 9.17) is 0 Å². The number of nitrogens with one attached hydrogen (secondary N) is 1. The molecule has 0 fully saturated rings. The van der Waals surface area contributed by atoms with Crippen LogP contribution in [0, 0.1) is 5.82 Å². The van der Waals surface area contributed by atoms with Crippen LogP contribution >= 0.6 is 0 Å². The minimum Gasteiger partial charge on any atom is -0.342 e. The highest BCUT2D eigenvalue weighted by Crippen LogP contribution is 2.25. The van der Waals surface area contributed by atoms with Crippen LogP contribution in [0.1, 0.15) is 29.1 Å². The van der Waals surface area contributed by atoms with Gasteiger partial charge in [0, 0.05) is 6.20 Å². The van der Waals surface area contributed by atoms with Gasteiger partial charge in [0.15, 0.2) is 11.5 Å². The molecule has 0 aliphatic rings. The summed E-state index contributed by atoms with van der Waals surface area (Å²) in [5, 5.41) is 11.2. The number of hydrogen-bond donors (Lipinski definition) is 1. The second-order valence-electron chi connectivity index (χ2n) is 6.24. The van der Waals surface area contributed by atoms with E-state index in [1.54, 1.807) is 6.07 Å². The smallest absolute Gasteiger partial charge is 0.252 e. The summed E-state index contributed by atoms with van der Waals surface area (Å²) in [4.78, 5) is 12.9. The first kappa shape index (κ1) is 16.9. The van der Waals surface area contributed by atoms with Crippen LogP contribution in [0.5, 0.6) is 0 Å². The molecule has 1 amide bonds. The van der Waals surface area contributed by atoms with Gasteiger partial charge in [-0.1, -0.05) is 42.5 Å². The fraction of sp³-hybridized carbons (Fsp3) is 0.0952. The van der Waals surface area contributed by atoms with Crippen molar-refractivity contribution in [2.75, 3.05) is 0 Å². The van der Waals surface area contributed by atoms with Crippen LogP contribution < -0.4 is 5.32 Å². The van der Waals surface area contributed by atoms with E-state index in [9.17, 15) is 9.18 Å². The van der Waals surface area contributed by atoms with Crippen molar-refractivity contribution in [3.63, 3.8) is 0 Å². The number of amides is 1. The summed E-state index contributed by atoms with van der Waals surface area (Å²) in [6.45, 7) is 1.82. The lowest BCUT2D eigenvalue weighted by molar-refractivity contribution is 0.0938. The third kappa shape index (κ3) is 3.29. The van der Waals surface area contributed by atoms with E-state index in [1.807, 2.05) is 66.1 Å². The summed E-state index contributed by atoms with van der Waals surface area (Å²) in [6.07, 6.45) is 1.84. The molecule has 1 N–H and O–H groups in total. The quantitative estimate of drug-likeness (QED) is 0.598. The molecule has 1 unspecified atom stereocenters. The van der Waals surface area contributed by atoms with Crippen molar-refractivity contribution in [3.05, 3.63) is 90.1 Å². The molecule has 4 aromatic rings. The Bertz CT molecular complexity index is 1110. The zero-order chi connectivity index (χ0) is 18.8. The molecule has 134 valence electrons. The van der Waals surface area contributed by atoms with Gasteiger partial charge in [-0.25, -0.2) is 4.39 Å². The molecule has 2 aromatic heterocycles. The van der Waals surface area contributed by atoms with Gasteiger partial charge in [-0.15, -0.1) is 10.2 Å². The van der Waals surface area contributed by atoms with Crippen molar-refractivity contribution >= 4 is 11.6 Å². The Kier molecular flexibility index (Phi) is 4.38. The van der Waals surface area contributed by atoms with Gasteiger partial charge < -0.3 is 5.32 Å². The first-order chi connectivity index (χ1) is 13.1. The Balaban J connectivity index is 1.66. The van der Waals surface area contributed by atoms with Gasteiger partial charge in [0.05, 0.1) is 11.6 Å². The molecule has 0 spiro atoms. The van der Waals surface area contributed by atoms with Gasteiger partial charge in [0.1, 0.15) is 5.82 Å². The Morgan fingerprint density at radius 3 is 2.63 bits per heavy atom. The van der Waals surface area contributed by atoms with Crippen LogP contribution in [0.3, 0.4) is 0 Å². The maximum Gasteiger partial charge on any atom is 0.252 e. The maximum atomic E-state index is 13.8. The molecule has 2 heterocycles. The lowest BCUT2D eigenvalue weighted by atomic mass is 9.99. The van der Waals surface area contributed by atoms with Crippen molar-refractivity contribution in [1.29, 1.82) is 0 Å². The largest absolute Gasteiger partial charge is 0.342 e. The SMILES string of the molecule is CC(NC(=O)c1cc(F)ccc1-c1ccccc1)c1nnc2ccccn12. The molecule has 0 bridgehead atoms. The summed E-state index contributed by atoms with van der Waals surface area (Å²) in [7, 11) is 0. The number of aromatic nitrogens is 3. The summed E-state index contributed by atoms with van der Waals surface area (Å²) in [5.74, 6) is -0.217. The fourth-order valence-electron chi connectivity index (χ4n) is 3.07. The summed E-state index contributed by atoms with van der Waals surface area (Å²) >= 11 is 0. The number of benzene rings is 2. The molecule has 5 nitrogen and oxygen atoms in total. The predicted molar refractivity (Wildman–Crippen MR) is 101 cm³/mol. The van der Waals surface area contributed by atoms with E-state index >= 15 is 0 Å². The highest BCUT2D eigenvalue weighted by atomic mass is 19.1. The van der Waals surface area contributed by atoms with E-state index in [2.05, 4.69) is 15.5 Å². The number of hydrogen-bond acceptors (Lipinski definition) is 3. The summed E-state index contributed by atoms with van der Waals surface area (Å²) in [6, 6.07) is 18.8. The monoisotopic (exact) mass is 360 g/mol. The average Bonchev–Trinajstić information content (AvgIpc) is 3.13. The van der Waals surface area contributed by atoms with Crippen LogP contribution in [-0.2, 0) is 0 Å². The maximum absolute atomic E-state index is 13.8. The van der Waals surface area contributed by atoms with Crippen molar-refractivity contribution in [1.82, 2.24) is 19.9 Å². The Morgan fingerprint density at radius 1 is 1.04 bits per heavy atom. The van der Waals surface area contributed by atoms with Gasteiger partial charge in [0.2, 0.25) is 0 Å². The number of carbonyl (C=O) groups excluding carboxylic acids is 1. The van der Waals surface area contributed by atoms with Crippen LogP contribution in [0.4, 0.5) is 4.39 Å². The van der Waals surface area contributed by atoms with Crippen molar-refractivity contribution in [2.45, 2.75) is 13.0 Å². The lowest BCUT2D eigenvalue weighted by Gasteiger charge is -2.15. The number of rotatable bonds is 4. The molecule has 0 radical (unpaired) electrons. The average molecular weight is 360 g/mol. The standard InChI is InChI=1S/C21H17FN4O/c1-14(20-25-24-19-9-5-6-12-26(19)20)23-21(27)18-13-16(22)10-11-17(18)15-7-3-2-4-8-15/h2-14H,1H3,(H,23,27). The highest BCUT2D eigenvalue weighted by molar-refractivity contribution is 6.01. The zero-order valence-electron chi connectivity index (χ0n) is 14.6. The van der Waals surface area contributed by atoms with Gasteiger partial charge in [-0.05, 0) is 42.3 Å². The second kappa shape index (κ2) is 6.99. The molecule has 2 aromatic carbocycles. The van der Waals surface area contributed by atoms with E-state index in [0.29, 0.717) is 17.0 Å². The summed E-state index contributed by atoms with van der Waals surface area (Å²) < 4.78 is 15.6. The van der Waals surface area contributed by atoms with Gasteiger partial charge in [0.25, 0.3) is 5.91 Å². The molecular formula is C21H17FN4O. The zero-order valence-corrected chi connectivity index (χ0v) is 14.6. The minimum atomic E-state index is -0.458. The van der Waals surface area contributed by atoms with E-state index in [1.165, 1.54) is 12.1 Å². The molecule has 4 rings (SSSR count).